The van der Waals surface area contributed by atoms with E-state index in [1.54, 1.807) is 7.05 Å². The topological polar surface area (TPSA) is 38.3 Å². The molecule has 0 atom stereocenters. The zero-order valence-electron chi connectivity index (χ0n) is 6.73. The molecule has 0 aromatic heterocycles. The summed E-state index contributed by atoms with van der Waals surface area (Å²) in [4.78, 5) is 10.5. The summed E-state index contributed by atoms with van der Waals surface area (Å²) in [5, 5.41) is 3.41. The first-order chi connectivity index (χ1) is 5.31. The number of ether oxygens (including phenoxy) is 1. The number of halogens is 1. The van der Waals surface area contributed by atoms with Gasteiger partial charge in [-0.05, 0) is 19.3 Å². The Morgan fingerprint density at radius 1 is 1.45 bits per heavy atom. The van der Waals surface area contributed by atoms with Crippen molar-refractivity contribution in [3.63, 3.8) is 0 Å². The van der Waals surface area contributed by atoms with Crippen molar-refractivity contribution in [2.75, 3.05) is 19.0 Å². The normalized spacial score (nSPS) is 9.27. The molecule has 1 N–H and O–H groups in total. The average molecular weight is 224 g/mol. The van der Waals surface area contributed by atoms with Crippen LogP contribution in [0.5, 0.6) is 0 Å². The van der Waals surface area contributed by atoms with Gasteiger partial charge in [-0.1, -0.05) is 15.9 Å². The Kier molecular flexibility index (Phi) is 7.67. The number of rotatable bonds is 5. The second kappa shape index (κ2) is 7.85. The molecule has 11 heavy (non-hydrogen) atoms. The van der Waals surface area contributed by atoms with E-state index in [4.69, 9.17) is 4.74 Å². The van der Waals surface area contributed by atoms with E-state index in [1.165, 1.54) is 0 Å². The molecule has 0 saturated heterocycles. The van der Waals surface area contributed by atoms with Gasteiger partial charge >= 0.3 is 6.09 Å². The fourth-order valence-electron chi connectivity index (χ4n) is 0.610. The van der Waals surface area contributed by atoms with Crippen molar-refractivity contribution >= 4 is 22.0 Å². The van der Waals surface area contributed by atoms with Crippen LogP contribution in [-0.4, -0.2) is 25.1 Å². The van der Waals surface area contributed by atoms with Gasteiger partial charge in [0, 0.05) is 12.4 Å². The third-order valence-corrected chi connectivity index (χ3v) is 1.78. The lowest BCUT2D eigenvalue weighted by Gasteiger charge is -2.01. The number of unbranched alkanes of at least 4 members (excludes halogenated alkanes) is 2. The van der Waals surface area contributed by atoms with Crippen molar-refractivity contribution in [2.24, 2.45) is 0 Å². The van der Waals surface area contributed by atoms with Crippen molar-refractivity contribution in [2.45, 2.75) is 19.3 Å². The van der Waals surface area contributed by atoms with Crippen molar-refractivity contribution in [3.8, 4) is 0 Å². The van der Waals surface area contributed by atoms with E-state index in [0.717, 1.165) is 24.6 Å². The van der Waals surface area contributed by atoms with Crippen LogP contribution >= 0.6 is 15.9 Å². The molecule has 0 bridgehead atoms. The van der Waals surface area contributed by atoms with E-state index in [0.29, 0.717) is 6.61 Å². The van der Waals surface area contributed by atoms with E-state index in [9.17, 15) is 4.79 Å². The molecule has 0 saturated carbocycles. The molecule has 0 radical (unpaired) electrons. The van der Waals surface area contributed by atoms with Gasteiger partial charge in [0.15, 0.2) is 0 Å². The van der Waals surface area contributed by atoms with Crippen LogP contribution in [0.15, 0.2) is 0 Å². The highest BCUT2D eigenvalue weighted by molar-refractivity contribution is 9.09. The molecular formula is C7H14BrNO2. The van der Waals surface area contributed by atoms with Crippen LogP contribution in [0.4, 0.5) is 4.79 Å². The minimum absolute atomic E-state index is 0.344. The zero-order chi connectivity index (χ0) is 8.53. The second-order valence-corrected chi connectivity index (χ2v) is 2.93. The Balaban J connectivity index is 2.95. The SMILES string of the molecule is CNC(=O)OCCCCCBr. The number of amides is 1. The fourth-order valence-corrected chi connectivity index (χ4v) is 1.01. The Hall–Kier alpha value is -0.250. The summed E-state index contributed by atoms with van der Waals surface area (Å²) in [6.45, 7) is 0.521. The summed E-state index contributed by atoms with van der Waals surface area (Å²) < 4.78 is 4.77. The highest BCUT2D eigenvalue weighted by Gasteiger charge is 1.95. The highest BCUT2D eigenvalue weighted by atomic mass is 79.9. The summed E-state index contributed by atoms with van der Waals surface area (Å²) in [5.74, 6) is 0. The van der Waals surface area contributed by atoms with E-state index in [2.05, 4.69) is 21.2 Å². The van der Waals surface area contributed by atoms with E-state index < -0.39 is 0 Å². The fraction of sp³-hybridized carbons (Fsp3) is 0.857. The first-order valence-electron chi connectivity index (χ1n) is 3.71. The van der Waals surface area contributed by atoms with Crippen molar-refractivity contribution in [1.29, 1.82) is 0 Å². The number of alkyl carbamates (subject to hydrolysis) is 1. The number of hydrogen-bond acceptors (Lipinski definition) is 2. The summed E-state index contributed by atoms with van der Waals surface area (Å²) in [7, 11) is 1.56. The predicted molar refractivity (Wildman–Crippen MR) is 48.1 cm³/mol. The van der Waals surface area contributed by atoms with Gasteiger partial charge in [0.25, 0.3) is 0 Å². The van der Waals surface area contributed by atoms with Gasteiger partial charge in [-0.3, -0.25) is 0 Å². The van der Waals surface area contributed by atoms with Crippen molar-refractivity contribution in [3.05, 3.63) is 0 Å². The Labute approximate surface area is 75.6 Å². The van der Waals surface area contributed by atoms with Crippen LogP contribution in [0.25, 0.3) is 0 Å². The van der Waals surface area contributed by atoms with Gasteiger partial charge in [0.2, 0.25) is 0 Å². The number of alkyl halides is 1. The van der Waals surface area contributed by atoms with Gasteiger partial charge in [0.05, 0.1) is 6.61 Å². The summed E-state index contributed by atoms with van der Waals surface area (Å²) in [6.07, 6.45) is 2.84. The molecule has 4 heteroatoms. The third kappa shape index (κ3) is 7.65. The number of carbonyl (C=O) groups is 1. The maximum absolute atomic E-state index is 10.5. The van der Waals surface area contributed by atoms with Crippen LogP contribution < -0.4 is 5.32 Å². The molecule has 0 aromatic carbocycles. The van der Waals surface area contributed by atoms with Crippen LogP contribution in [0.1, 0.15) is 19.3 Å². The minimum Gasteiger partial charge on any atom is -0.450 e. The highest BCUT2D eigenvalue weighted by Crippen LogP contribution is 1.98. The molecule has 3 nitrogen and oxygen atoms in total. The van der Waals surface area contributed by atoms with Crippen molar-refractivity contribution < 1.29 is 9.53 Å². The van der Waals surface area contributed by atoms with E-state index >= 15 is 0 Å². The molecule has 0 rings (SSSR count). The lowest BCUT2D eigenvalue weighted by Crippen LogP contribution is -2.19. The smallest absolute Gasteiger partial charge is 0.406 e. The van der Waals surface area contributed by atoms with Crippen LogP contribution in [0.2, 0.25) is 0 Å². The third-order valence-electron chi connectivity index (χ3n) is 1.22. The number of hydrogen-bond donors (Lipinski definition) is 1. The quantitative estimate of drug-likeness (QED) is 0.572. The molecule has 0 aliphatic heterocycles. The Morgan fingerprint density at radius 2 is 2.18 bits per heavy atom. The van der Waals surface area contributed by atoms with Gasteiger partial charge in [0.1, 0.15) is 0 Å². The Morgan fingerprint density at radius 3 is 2.73 bits per heavy atom. The lowest BCUT2D eigenvalue weighted by molar-refractivity contribution is 0.146. The summed E-state index contributed by atoms with van der Waals surface area (Å²) in [6, 6.07) is 0. The molecule has 0 unspecified atom stereocenters. The molecule has 1 amide bonds. The van der Waals surface area contributed by atoms with E-state index in [1.807, 2.05) is 0 Å². The minimum atomic E-state index is -0.344. The van der Waals surface area contributed by atoms with Crippen molar-refractivity contribution in [1.82, 2.24) is 5.32 Å². The zero-order valence-corrected chi connectivity index (χ0v) is 8.32. The molecule has 0 fully saturated rings. The average Bonchev–Trinajstić information content (AvgIpc) is 2.04. The Bertz CT molecular complexity index is 109. The van der Waals surface area contributed by atoms with Gasteiger partial charge in [-0.15, -0.1) is 0 Å². The standard InChI is InChI=1S/C7H14BrNO2/c1-9-7(10)11-6-4-2-3-5-8/h2-6H2,1H3,(H,9,10). The molecule has 0 spiro atoms. The molecule has 0 heterocycles. The molecule has 0 aliphatic rings. The predicted octanol–water partition coefficient (Wildman–Crippen LogP) is 1.91. The monoisotopic (exact) mass is 223 g/mol. The molecule has 66 valence electrons. The maximum atomic E-state index is 10.5. The maximum Gasteiger partial charge on any atom is 0.406 e. The molecule has 0 aliphatic carbocycles. The largest absolute Gasteiger partial charge is 0.450 e. The summed E-state index contributed by atoms with van der Waals surface area (Å²) >= 11 is 3.32. The van der Waals surface area contributed by atoms with E-state index in [-0.39, 0.29) is 6.09 Å². The van der Waals surface area contributed by atoms with Gasteiger partial charge in [-0.2, -0.15) is 0 Å². The van der Waals surface area contributed by atoms with Crippen LogP contribution in [0, 0.1) is 0 Å². The first-order valence-corrected chi connectivity index (χ1v) is 4.84. The first kappa shape index (κ1) is 10.8. The van der Waals surface area contributed by atoms with Crippen LogP contribution in [0.3, 0.4) is 0 Å². The lowest BCUT2D eigenvalue weighted by atomic mass is 10.3. The van der Waals surface area contributed by atoms with Gasteiger partial charge in [-0.25, -0.2) is 4.79 Å². The summed E-state index contributed by atoms with van der Waals surface area (Å²) in [5.41, 5.74) is 0. The molecular weight excluding hydrogens is 210 g/mol. The van der Waals surface area contributed by atoms with Gasteiger partial charge < -0.3 is 10.1 Å². The number of nitrogens with one attached hydrogen (secondary N) is 1. The second-order valence-electron chi connectivity index (χ2n) is 2.14. The van der Waals surface area contributed by atoms with Crippen LogP contribution in [-0.2, 0) is 4.74 Å². The molecule has 0 aromatic rings. The number of carbonyl (C=O) groups excluding carboxylic acids is 1.